The molecule has 0 radical (unpaired) electrons. The summed E-state index contributed by atoms with van der Waals surface area (Å²) in [5.41, 5.74) is 4.86. The van der Waals surface area contributed by atoms with Gasteiger partial charge in [0.05, 0.1) is 0 Å². The number of benzene rings is 3. The van der Waals surface area contributed by atoms with Gasteiger partial charge in [-0.3, -0.25) is 14.4 Å². The summed E-state index contributed by atoms with van der Waals surface area (Å²) < 4.78 is 5.38. The number of hydrogen-bond donors (Lipinski definition) is 3. The Labute approximate surface area is 241 Å². The summed E-state index contributed by atoms with van der Waals surface area (Å²) in [6.45, 7) is 10.5. The molecule has 3 aromatic carbocycles. The molecule has 3 aromatic rings. The molecule has 0 spiro atoms. The second kappa shape index (κ2) is 12.8. The fourth-order valence-corrected chi connectivity index (χ4v) is 4.54. The Morgan fingerprint density at radius 2 is 1.46 bits per heavy atom. The van der Waals surface area contributed by atoms with Crippen molar-refractivity contribution in [2.24, 2.45) is 5.73 Å². The highest BCUT2D eigenvalue weighted by Gasteiger charge is 2.42. The molecule has 9 heteroatoms. The summed E-state index contributed by atoms with van der Waals surface area (Å²) in [5.74, 6) is -1.60. The predicted molar refractivity (Wildman–Crippen MR) is 160 cm³/mol. The average molecular weight is 561 g/mol. The van der Waals surface area contributed by atoms with Crippen LogP contribution in [0.4, 0.5) is 10.5 Å². The summed E-state index contributed by atoms with van der Waals surface area (Å²) >= 11 is 0. The molecule has 0 bridgehead atoms. The van der Waals surface area contributed by atoms with Crippen molar-refractivity contribution < 1.29 is 23.9 Å². The Morgan fingerprint density at radius 1 is 0.854 bits per heavy atom. The summed E-state index contributed by atoms with van der Waals surface area (Å²) in [4.78, 5) is 54.1. The molecule has 218 valence electrons. The van der Waals surface area contributed by atoms with Crippen molar-refractivity contribution in [3.63, 3.8) is 0 Å². The molecule has 0 aliphatic rings. The third-order valence-corrected chi connectivity index (χ3v) is 6.27. The number of carbonyl (C=O) groups is 4. The normalized spacial score (nSPS) is 13.1. The molecule has 2 unspecified atom stereocenters. The molecule has 0 fully saturated rings. The number of amides is 4. The zero-order valence-corrected chi connectivity index (χ0v) is 24.6. The lowest BCUT2D eigenvalue weighted by atomic mass is 9.94. The minimum atomic E-state index is -1.17. The summed E-state index contributed by atoms with van der Waals surface area (Å²) in [5, 5.41) is 7.57. The van der Waals surface area contributed by atoms with Gasteiger partial charge in [0, 0.05) is 17.6 Å². The minimum Gasteiger partial charge on any atom is -0.444 e. The average Bonchev–Trinajstić information content (AvgIpc) is 2.87. The van der Waals surface area contributed by atoms with Gasteiger partial charge in [0.15, 0.2) is 0 Å². The number of hydrogen-bond acceptors (Lipinski definition) is 5. The number of fused-ring (bicyclic) bond motifs is 1. The van der Waals surface area contributed by atoms with Crippen LogP contribution in [0.15, 0.2) is 72.8 Å². The lowest BCUT2D eigenvalue weighted by molar-refractivity contribution is -0.147. The number of carbonyl (C=O) groups excluding carboxylic acids is 4. The molecule has 0 heterocycles. The molecule has 0 aromatic heterocycles. The van der Waals surface area contributed by atoms with E-state index in [1.807, 2.05) is 69.3 Å². The Hall–Kier alpha value is -4.40. The number of rotatable bonds is 9. The summed E-state index contributed by atoms with van der Waals surface area (Å²) in [6.07, 6.45) is -1.02. The van der Waals surface area contributed by atoms with E-state index in [1.165, 1.54) is 4.90 Å². The maximum Gasteiger partial charge on any atom is 0.408 e. The third-order valence-electron chi connectivity index (χ3n) is 6.27. The maximum absolute atomic E-state index is 14.3. The van der Waals surface area contributed by atoms with Crippen LogP contribution in [0, 0.1) is 0 Å². The smallest absolute Gasteiger partial charge is 0.408 e. The Morgan fingerprint density at radius 3 is 2.05 bits per heavy atom. The lowest BCUT2D eigenvalue weighted by Gasteiger charge is -2.43. The van der Waals surface area contributed by atoms with E-state index in [1.54, 1.807) is 45.0 Å². The van der Waals surface area contributed by atoms with Crippen LogP contribution in [0.3, 0.4) is 0 Å². The molecule has 4 amide bonds. The highest BCUT2D eigenvalue weighted by Crippen LogP contribution is 2.32. The zero-order chi connectivity index (χ0) is 30.4. The number of nitrogens with zero attached hydrogens (tertiary/aromatic N) is 1. The maximum atomic E-state index is 14.3. The van der Waals surface area contributed by atoms with Crippen molar-refractivity contribution >= 4 is 40.3 Å². The van der Waals surface area contributed by atoms with E-state index in [4.69, 9.17) is 10.5 Å². The number of nitrogens with two attached hydrogens (primary N) is 1. The van der Waals surface area contributed by atoms with Crippen LogP contribution in [0.2, 0.25) is 0 Å². The molecule has 0 saturated carbocycles. The van der Waals surface area contributed by atoms with Crippen LogP contribution in [-0.2, 0) is 19.1 Å². The van der Waals surface area contributed by atoms with Crippen molar-refractivity contribution in [1.29, 1.82) is 0 Å². The Balaban J connectivity index is 2.03. The molecule has 0 saturated heterocycles. The fraction of sp³-hybridized carbons (Fsp3) is 0.375. The lowest BCUT2D eigenvalue weighted by Crippen LogP contribution is -2.58. The van der Waals surface area contributed by atoms with E-state index >= 15 is 0 Å². The van der Waals surface area contributed by atoms with Crippen LogP contribution in [0.25, 0.3) is 10.8 Å². The van der Waals surface area contributed by atoms with Crippen molar-refractivity contribution in [2.75, 3.05) is 5.32 Å². The van der Waals surface area contributed by atoms with Crippen LogP contribution < -0.4 is 16.4 Å². The van der Waals surface area contributed by atoms with E-state index in [0.29, 0.717) is 11.3 Å². The van der Waals surface area contributed by atoms with Crippen LogP contribution in [0.5, 0.6) is 0 Å². The zero-order valence-electron chi connectivity index (χ0n) is 24.6. The molecule has 41 heavy (non-hydrogen) atoms. The minimum absolute atomic E-state index is 0.0617. The topological polar surface area (TPSA) is 131 Å². The van der Waals surface area contributed by atoms with E-state index in [2.05, 4.69) is 10.6 Å². The van der Waals surface area contributed by atoms with Gasteiger partial charge in [0.25, 0.3) is 5.91 Å². The van der Waals surface area contributed by atoms with Crippen molar-refractivity contribution in [3.8, 4) is 0 Å². The quantitative estimate of drug-likeness (QED) is 0.327. The van der Waals surface area contributed by atoms with Crippen LogP contribution >= 0.6 is 0 Å². The van der Waals surface area contributed by atoms with Crippen molar-refractivity contribution in [3.05, 3.63) is 78.4 Å². The highest BCUT2D eigenvalue weighted by molar-refractivity contribution is 6.00. The largest absolute Gasteiger partial charge is 0.444 e. The van der Waals surface area contributed by atoms with Crippen LogP contribution in [-0.4, -0.2) is 45.9 Å². The van der Waals surface area contributed by atoms with Gasteiger partial charge in [-0.1, -0.05) is 60.7 Å². The molecule has 4 N–H and O–H groups in total. The molecule has 0 aliphatic carbocycles. The van der Waals surface area contributed by atoms with Crippen molar-refractivity contribution in [1.82, 2.24) is 10.2 Å². The molecular formula is C32H40N4O5. The number of anilines is 1. The van der Waals surface area contributed by atoms with Gasteiger partial charge in [0.1, 0.15) is 17.7 Å². The molecule has 3 rings (SSSR count). The van der Waals surface area contributed by atoms with E-state index in [-0.39, 0.29) is 12.8 Å². The first kappa shape index (κ1) is 31.1. The fourth-order valence-electron chi connectivity index (χ4n) is 4.54. The van der Waals surface area contributed by atoms with Gasteiger partial charge in [0.2, 0.25) is 11.8 Å². The first-order valence-electron chi connectivity index (χ1n) is 13.6. The third kappa shape index (κ3) is 8.79. The monoisotopic (exact) mass is 560 g/mol. The van der Waals surface area contributed by atoms with Gasteiger partial charge in [-0.05, 0) is 76.4 Å². The first-order valence-corrected chi connectivity index (χ1v) is 13.6. The Kier molecular flexibility index (Phi) is 9.75. The van der Waals surface area contributed by atoms with Crippen LogP contribution in [0.1, 0.15) is 66.0 Å². The van der Waals surface area contributed by atoms with E-state index in [9.17, 15) is 19.2 Å². The van der Waals surface area contributed by atoms with E-state index in [0.717, 1.165) is 10.8 Å². The number of alkyl carbamates (subject to hydrolysis) is 1. The van der Waals surface area contributed by atoms with Gasteiger partial charge in [-0.15, -0.1) is 0 Å². The highest BCUT2D eigenvalue weighted by atomic mass is 16.6. The summed E-state index contributed by atoms with van der Waals surface area (Å²) in [6, 6.07) is 20.1. The van der Waals surface area contributed by atoms with Gasteiger partial charge in [-0.2, -0.15) is 0 Å². The molecule has 9 nitrogen and oxygen atoms in total. The summed E-state index contributed by atoms with van der Waals surface area (Å²) in [7, 11) is 0. The molecular weight excluding hydrogens is 520 g/mol. The number of primary amides is 1. The van der Waals surface area contributed by atoms with Gasteiger partial charge >= 0.3 is 6.09 Å². The number of nitrogens with one attached hydrogen (secondary N) is 2. The number of ether oxygens (including phenoxy) is 1. The SMILES string of the molecule is CC(C)(C)OC(=O)NC(CCC(N)=O)C(=O)N(C(C(=O)Nc1ccc2ccccc2c1)c1ccccc1)C(C)(C)C. The van der Waals surface area contributed by atoms with Gasteiger partial charge in [-0.25, -0.2) is 4.79 Å². The predicted octanol–water partition coefficient (Wildman–Crippen LogP) is 5.31. The van der Waals surface area contributed by atoms with Crippen molar-refractivity contribution in [2.45, 2.75) is 77.6 Å². The Bertz CT molecular complexity index is 1390. The van der Waals surface area contributed by atoms with E-state index < -0.39 is 47.0 Å². The standard InChI is InChI=1S/C32H40N4O5/c1-31(2,3)36(29(39)25(18-19-26(33)37)35-30(40)41-32(4,5)6)27(22-13-8-7-9-14-22)28(38)34-24-17-16-21-12-10-11-15-23(21)20-24/h7-17,20,25,27H,18-19H2,1-6H3,(H2,33,37)(H,34,38)(H,35,40). The molecule has 0 aliphatic heterocycles. The second-order valence-electron chi connectivity index (χ2n) is 11.9. The second-order valence-corrected chi connectivity index (χ2v) is 11.9. The van der Waals surface area contributed by atoms with Gasteiger partial charge < -0.3 is 26.0 Å². The first-order chi connectivity index (χ1) is 19.2. The molecule has 2 atom stereocenters.